The van der Waals surface area contributed by atoms with E-state index in [0.29, 0.717) is 31.0 Å². The lowest BCUT2D eigenvalue weighted by Gasteiger charge is -2.28. The summed E-state index contributed by atoms with van der Waals surface area (Å²) in [5, 5.41) is 2.44. The standard InChI is InChI=1S/C28H30F3N5O3/c29-28(30,31)24-23(34-26(39-24)19-8-3-1-4-9-19)25(37)33-21-12-13-22(32-18-21)35-14-7-15-36(17-16-35)27(38)20-10-5-2-6-11-20/h1,3-4,8-9,12-13,18,20H,2,5-7,10-11,14-17H2,(H,33,37). The summed E-state index contributed by atoms with van der Waals surface area (Å²) in [6, 6.07) is 11.4. The first-order valence-corrected chi connectivity index (χ1v) is 13.2. The molecular formula is C28H30F3N5O3. The molecule has 2 aliphatic rings. The Morgan fingerprint density at radius 2 is 1.69 bits per heavy atom. The van der Waals surface area contributed by atoms with Gasteiger partial charge in [-0.25, -0.2) is 9.97 Å². The van der Waals surface area contributed by atoms with Crippen molar-refractivity contribution in [3.63, 3.8) is 0 Å². The number of carbonyl (C=O) groups excluding carboxylic acids is 2. The first kappa shape index (κ1) is 26.7. The topological polar surface area (TPSA) is 91.6 Å². The zero-order valence-corrected chi connectivity index (χ0v) is 21.4. The molecule has 0 spiro atoms. The molecule has 2 fully saturated rings. The minimum atomic E-state index is -4.90. The molecule has 39 heavy (non-hydrogen) atoms. The van der Waals surface area contributed by atoms with Gasteiger partial charge in [0.1, 0.15) is 5.82 Å². The fourth-order valence-electron chi connectivity index (χ4n) is 5.18. The Balaban J connectivity index is 1.24. The number of anilines is 2. The number of carbonyl (C=O) groups is 2. The Hall–Kier alpha value is -3.89. The molecule has 1 aliphatic heterocycles. The molecule has 5 rings (SSSR count). The zero-order chi connectivity index (χ0) is 27.4. The number of rotatable bonds is 5. The highest BCUT2D eigenvalue weighted by Crippen LogP contribution is 2.35. The Kier molecular flexibility index (Phi) is 7.85. The summed E-state index contributed by atoms with van der Waals surface area (Å²) in [6.07, 6.45) is 2.70. The van der Waals surface area contributed by atoms with Crippen LogP contribution in [0, 0.1) is 5.92 Å². The molecule has 0 bridgehead atoms. The summed E-state index contributed by atoms with van der Waals surface area (Å²) in [4.78, 5) is 38.0. The predicted molar refractivity (Wildman–Crippen MR) is 139 cm³/mol. The first-order valence-electron chi connectivity index (χ1n) is 13.2. The molecule has 1 saturated carbocycles. The molecule has 0 atom stereocenters. The fraction of sp³-hybridized carbons (Fsp3) is 0.429. The maximum Gasteiger partial charge on any atom is 0.452 e. The van der Waals surface area contributed by atoms with E-state index in [0.717, 1.165) is 38.6 Å². The number of hydrogen-bond acceptors (Lipinski definition) is 6. The molecule has 8 nitrogen and oxygen atoms in total. The molecule has 3 aromatic rings. The number of halogens is 3. The second kappa shape index (κ2) is 11.5. The van der Waals surface area contributed by atoms with E-state index in [1.807, 2.05) is 4.90 Å². The van der Waals surface area contributed by atoms with Crippen molar-refractivity contribution in [1.82, 2.24) is 14.9 Å². The van der Waals surface area contributed by atoms with E-state index in [9.17, 15) is 22.8 Å². The Bertz CT molecular complexity index is 1290. The van der Waals surface area contributed by atoms with E-state index >= 15 is 0 Å². The van der Waals surface area contributed by atoms with Crippen LogP contribution in [0.15, 0.2) is 53.1 Å². The van der Waals surface area contributed by atoms with E-state index in [1.165, 1.54) is 12.6 Å². The SMILES string of the molecule is O=C(Nc1ccc(N2CCCN(C(=O)C3CCCCC3)CC2)nc1)c1nc(-c2ccccc2)oc1C(F)(F)F. The third-order valence-corrected chi connectivity index (χ3v) is 7.21. The van der Waals surface area contributed by atoms with Gasteiger partial charge in [0.15, 0.2) is 5.69 Å². The van der Waals surface area contributed by atoms with Crippen LogP contribution < -0.4 is 10.2 Å². The second-order valence-corrected chi connectivity index (χ2v) is 9.92. The van der Waals surface area contributed by atoms with Gasteiger partial charge in [-0.2, -0.15) is 13.2 Å². The monoisotopic (exact) mass is 541 g/mol. The van der Waals surface area contributed by atoms with Gasteiger partial charge in [-0.05, 0) is 43.5 Å². The van der Waals surface area contributed by atoms with Crippen LogP contribution in [-0.2, 0) is 11.0 Å². The molecule has 1 aromatic carbocycles. The number of pyridine rings is 1. The Labute approximate surface area is 224 Å². The van der Waals surface area contributed by atoms with Crippen LogP contribution in [-0.4, -0.2) is 52.9 Å². The van der Waals surface area contributed by atoms with Crippen LogP contribution in [0.4, 0.5) is 24.7 Å². The maximum atomic E-state index is 13.6. The Morgan fingerprint density at radius 3 is 2.38 bits per heavy atom. The molecule has 206 valence electrons. The van der Waals surface area contributed by atoms with Gasteiger partial charge in [0.2, 0.25) is 17.6 Å². The number of amides is 2. The first-order chi connectivity index (χ1) is 18.8. The molecule has 0 unspecified atom stereocenters. The quantitative estimate of drug-likeness (QED) is 0.451. The van der Waals surface area contributed by atoms with Gasteiger partial charge in [0, 0.05) is 37.7 Å². The molecule has 0 radical (unpaired) electrons. The van der Waals surface area contributed by atoms with Crippen LogP contribution in [0.25, 0.3) is 11.5 Å². The van der Waals surface area contributed by atoms with Crippen molar-refractivity contribution < 1.29 is 27.2 Å². The van der Waals surface area contributed by atoms with E-state index in [2.05, 4.69) is 20.2 Å². The molecule has 11 heteroatoms. The minimum absolute atomic E-state index is 0.137. The summed E-state index contributed by atoms with van der Waals surface area (Å²) < 4.78 is 45.7. The number of nitrogens with zero attached hydrogens (tertiary/aromatic N) is 4. The van der Waals surface area contributed by atoms with E-state index in [-0.39, 0.29) is 23.4 Å². The molecule has 2 amide bonds. The van der Waals surface area contributed by atoms with Gasteiger partial charge in [-0.1, -0.05) is 37.5 Å². The van der Waals surface area contributed by atoms with Gasteiger partial charge in [-0.15, -0.1) is 0 Å². The molecule has 1 saturated heterocycles. The minimum Gasteiger partial charge on any atom is -0.431 e. The highest BCUT2D eigenvalue weighted by atomic mass is 19.4. The highest BCUT2D eigenvalue weighted by molar-refractivity contribution is 6.04. The van der Waals surface area contributed by atoms with Gasteiger partial charge >= 0.3 is 6.18 Å². The van der Waals surface area contributed by atoms with Gasteiger partial charge in [0.25, 0.3) is 5.91 Å². The van der Waals surface area contributed by atoms with Crippen LogP contribution in [0.5, 0.6) is 0 Å². The van der Waals surface area contributed by atoms with E-state index < -0.39 is 23.5 Å². The molecule has 3 heterocycles. The third-order valence-electron chi connectivity index (χ3n) is 7.21. The molecule has 2 aromatic heterocycles. The summed E-state index contributed by atoms with van der Waals surface area (Å²) in [7, 11) is 0. The van der Waals surface area contributed by atoms with Crippen LogP contribution >= 0.6 is 0 Å². The molecular weight excluding hydrogens is 511 g/mol. The Morgan fingerprint density at radius 1 is 0.923 bits per heavy atom. The number of hydrogen-bond donors (Lipinski definition) is 1. The van der Waals surface area contributed by atoms with E-state index in [4.69, 9.17) is 4.42 Å². The summed E-state index contributed by atoms with van der Waals surface area (Å²) >= 11 is 0. The number of aromatic nitrogens is 2. The summed E-state index contributed by atoms with van der Waals surface area (Å²) in [5.74, 6) is -1.74. The van der Waals surface area contributed by atoms with Crippen LogP contribution in [0.3, 0.4) is 0 Å². The van der Waals surface area contributed by atoms with Crippen molar-refractivity contribution in [1.29, 1.82) is 0 Å². The largest absolute Gasteiger partial charge is 0.452 e. The van der Waals surface area contributed by atoms with Gasteiger partial charge in [0.05, 0.1) is 11.9 Å². The summed E-state index contributed by atoms with van der Waals surface area (Å²) in [6.45, 7) is 2.69. The second-order valence-electron chi connectivity index (χ2n) is 9.92. The maximum absolute atomic E-state index is 13.6. The predicted octanol–water partition coefficient (Wildman–Crippen LogP) is 5.63. The third kappa shape index (κ3) is 6.23. The van der Waals surface area contributed by atoms with Gasteiger partial charge in [-0.3, -0.25) is 9.59 Å². The van der Waals surface area contributed by atoms with Crippen molar-refractivity contribution in [2.45, 2.75) is 44.7 Å². The van der Waals surface area contributed by atoms with Gasteiger partial charge < -0.3 is 19.5 Å². The average molecular weight is 542 g/mol. The number of nitrogens with one attached hydrogen (secondary N) is 1. The fourth-order valence-corrected chi connectivity index (χ4v) is 5.18. The smallest absolute Gasteiger partial charge is 0.431 e. The van der Waals surface area contributed by atoms with Crippen molar-refractivity contribution in [3.8, 4) is 11.5 Å². The number of alkyl halides is 3. The van der Waals surface area contributed by atoms with Crippen molar-refractivity contribution in [3.05, 3.63) is 60.1 Å². The number of oxazole rings is 1. The lowest BCUT2D eigenvalue weighted by Crippen LogP contribution is -2.39. The van der Waals surface area contributed by atoms with Crippen LogP contribution in [0.2, 0.25) is 0 Å². The normalized spacial score (nSPS) is 17.1. The van der Waals surface area contributed by atoms with Crippen molar-refractivity contribution >= 4 is 23.3 Å². The lowest BCUT2D eigenvalue weighted by molar-refractivity contribution is -0.153. The zero-order valence-electron chi connectivity index (χ0n) is 21.4. The van der Waals surface area contributed by atoms with E-state index in [1.54, 1.807) is 42.5 Å². The van der Waals surface area contributed by atoms with Crippen molar-refractivity contribution in [2.75, 3.05) is 36.4 Å². The molecule has 1 N–H and O–H groups in total. The highest BCUT2D eigenvalue weighted by Gasteiger charge is 2.42. The lowest BCUT2D eigenvalue weighted by atomic mass is 9.88. The van der Waals surface area contributed by atoms with Crippen molar-refractivity contribution in [2.24, 2.45) is 5.92 Å². The molecule has 1 aliphatic carbocycles. The average Bonchev–Trinajstić information content (AvgIpc) is 3.28. The number of benzene rings is 1. The summed E-state index contributed by atoms with van der Waals surface area (Å²) in [5.41, 5.74) is -0.296. The van der Waals surface area contributed by atoms with Crippen LogP contribution in [0.1, 0.15) is 54.8 Å².